The quantitative estimate of drug-likeness (QED) is 0.823. The van der Waals surface area contributed by atoms with E-state index in [-0.39, 0.29) is 18.0 Å². The highest BCUT2D eigenvalue weighted by Gasteiger charge is 2.31. The molecule has 2 amide bonds. The molecule has 21 heavy (non-hydrogen) atoms. The number of likely N-dealkylation sites (tertiary alicyclic amines) is 1. The van der Waals surface area contributed by atoms with Crippen LogP contribution >= 0.6 is 0 Å². The topological polar surface area (TPSA) is 75.6 Å². The van der Waals surface area contributed by atoms with Crippen LogP contribution in [-0.2, 0) is 9.53 Å². The summed E-state index contributed by atoms with van der Waals surface area (Å²) in [5, 5.41) is 0. The van der Waals surface area contributed by atoms with Crippen LogP contribution in [0.3, 0.4) is 0 Å². The van der Waals surface area contributed by atoms with E-state index in [1.807, 2.05) is 4.90 Å². The number of hydrogen-bond acceptors (Lipinski definition) is 5. The number of nitrogens with zero attached hydrogens (tertiary/aromatic N) is 4. The lowest BCUT2D eigenvalue weighted by Crippen LogP contribution is -2.30. The van der Waals surface area contributed by atoms with Gasteiger partial charge in [0.1, 0.15) is 18.2 Å². The molecule has 0 aliphatic carbocycles. The van der Waals surface area contributed by atoms with Crippen LogP contribution in [0.1, 0.15) is 37.3 Å². The summed E-state index contributed by atoms with van der Waals surface area (Å²) in [4.78, 5) is 35.5. The number of carbonyl (C=O) groups is 2. The summed E-state index contributed by atoms with van der Waals surface area (Å²) in [7, 11) is 0. The third-order valence-electron chi connectivity index (χ3n) is 3.88. The Bertz CT molecular complexity index is 590. The molecule has 3 heterocycles. The summed E-state index contributed by atoms with van der Waals surface area (Å²) in [6.45, 7) is 4.99. The zero-order chi connectivity index (χ0) is 15.0. The van der Waals surface area contributed by atoms with E-state index in [9.17, 15) is 9.59 Å². The van der Waals surface area contributed by atoms with Crippen LogP contribution in [0, 0.1) is 6.92 Å². The van der Waals surface area contributed by atoms with Crippen molar-refractivity contribution in [1.29, 1.82) is 0 Å². The molecule has 0 spiro atoms. The van der Waals surface area contributed by atoms with Crippen LogP contribution in [0.4, 0.5) is 10.6 Å². The molecule has 0 radical (unpaired) electrons. The van der Waals surface area contributed by atoms with Crippen molar-refractivity contribution in [3.8, 4) is 0 Å². The molecule has 1 aromatic heterocycles. The Labute approximate surface area is 122 Å². The molecule has 2 fully saturated rings. The molecular formula is C14H18N4O3. The molecule has 7 heteroatoms. The Morgan fingerprint density at radius 1 is 1.38 bits per heavy atom. The minimum atomic E-state index is -0.381. The first-order valence-electron chi connectivity index (χ1n) is 7.13. The van der Waals surface area contributed by atoms with Crippen molar-refractivity contribution >= 4 is 17.8 Å². The van der Waals surface area contributed by atoms with E-state index in [0.29, 0.717) is 24.8 Å². The summed E-state index contributed by atoms with van der Waals surface area (Å²) in [6.07, 6.45) is 1.47. The maximum absolute atomic E-state index is 11.7. The highest BCUT2D eigenvalue weighted by atomic mass is 16.6. The van der Waals surface area contributed by atoms with Gasteiger partial charge in [0.2, 0.25) is 5.91 Å². The van der Waals surface area contributed by atoms with Gasteiger partial charge in [0.15, 0.2) is 0 Å². The molecule has 7 nitrogen and oxygen atoms in total. The second kappa shape index (κ2) is 5.31. The van der Waals surface area contributed by atoms with Crippen LogP contribution in [0.25, 0.3) is 0 Å². The SMILES string of the molecule is CC(=O)N1CCC[C@@H]1c1cc(N2CCOC2=O)nc(C)n1. The van der Waals surface area contributed by atoms with Crippen LogP contribution in [0.2, 0.25) is 0 Å². The minimum absolute atomic E-state index is 0.0263. The van der Waals surface area contributed by atoms with Gasteiger partial charge in [0, 0.05) is 19.5 Å². The molecule has 2 aliphatic heterocycles. The zero-order valence-corrected chi connectivity index (χ0v) is 12.2. The maximum atomic E-state index is 11.7. The highest BCUT2D eigenvalue weighted by molar-refractivity contribution is 5.88. The first kappa shape index (κ1) is 13.8. The first-order chi connectivity index (χ1) is 10.1. The lowest BCUT2D eigenvalue weighted by atomic mass is 10.1. The molecule has 2 aliphatic rings. The van der Waals surface area contributed by atoms with E-state index in [1.54, 1.807) is 19.9 Å². The lowest BCUT2D eigenvalue weighted by molar-refractivity contribution is -0.129. The third-order valence-corrected chi connectivity index (χ3v) is 3.88. The van der Waals surface area contributed by atoms with Crippen molar-refractivity contribution in [2.24, 2.45) is 0 Å². The Morgan fingerprint density at radius 2 is 2.19 bits per heavy atom. The molecule has 0 aromatic carbocycles. The number of ether oxygens (including phenoxy) is 1. The van der Waals surface area contributed by atoms with E-state index in [0.717, 1.165) is 25.1 Å². The molecule has 1 aromatic rings. The maximum Gasteiger partial charge on any atom is 0.415 e. The lowest BCUT2D eigenvalue weighted by Gasteiger charge is -2.24. The van der Waals surface area contributed by atoms with Crippen molar-refractivity contribution in [2.45, 2.75) is 32.7 Å². The van der Waals surface area contributed by atoms with E-state index in [2.05, 4.69) is 9.97 Å². The van der Waals surface area contributed by atoms with E-state index in [1.165, 1.54) is 4.90 Å². The summed E-state index contributed by atoms with van der Waals surface area (Å²) >= 11 is 0. The molecule has 0 N–H and O–H groups in total. The van der Waals surface area contributed by atoms with Gasteiger partial charge in [-0.1, -0.05) is 0 Å². The number of rotatable bonds is 2. The van der Waals surface area contributed by atoms with Gasteiger partial charge in [-0.3, -0.25) is 9.69 Å². The number of anilines is 1. The van der Waals surface area contributed by atoms with Gasteiger partial charge in [-0.2, -0.15) is 0 Å². The van der Waals surface area contributed by atoms with Gasteiger partial charge in [-0.15, -0.1) is 0 Å². The largest absolute Gasteiger partial charge is 0.447 e. The number of hydrogen-bond donors (Lipinski definition) is 0. The monoisotopic (exact) mass is 290 g/mol. The van der Waals surface area contributed by atoms with Gasteiger partial charge in [-0.25, -0.2) is 14.8 Å². The van der Waals surface area contributed by atoms with Gasteiger partial charge in [-0.05, 0) is 19.8 Å². The second-order valence-electron chi connectivity index (χ2n) is 5.33. The number of cyclic esters (lactones) is 1. The summed E-state index contributed by atoms with van der Waals surface area (Å²) < 4.78 is 4.95. The average molecular weight is 290 g/mol. The van der Waals surface area contributed by atoms with Crippen molar-refractivity contribution in [3.05, 3.63) is 17.6 Å². The highest BCUT2D eigenvalue weighted by Crippen LogP contribution is 2.32. The predicted octanol–water partition coefficient (Wildman–Crippen LogP) is 1.43. The van der Waals surface area contributed by atoms with E-state index < -0.39 is 0 Å². The molecule has 0 unspecified atom stereocenters. The Kier molecular flexibility index (Phi) is 3.48. The van der Waals surface area contributed by atoms with Crippen molar-refractivity contribution < 1.29 is 14.3 Å². The predicted molar refractivity (Wildman–Crippen MR) is 74.8 cm³/mol. The average Bonchev–Trinajstić information content (AvgIpc) is 3.06. The van der Waals surface area contributed by atoms with E-state index >= 15 is 0 Å². The van der Waals surface area contributed by atoms with Crippen LogP contribution in [0.5, 0.6) is 0 Å². The molecule has 112 valence electrons. The zero-order valence-electron chi connectivity index (χ0n) is 12.2. The smallest absolute Gasteiger partial charge is 0.415 e. The van der Waals surface area contributed by atoms with Crippen LogP contribution in [0.15, 0.2) is 6.07 Å². The summed E-state index contributed by atoms with van der Waals surface area (Å²) in [5.41, 5.74) is 0.796. The number of aryl methyl sites for hydroxylation is 1. The Morgan fingerprint density at radius 3 is 2.86 bits per heavy atom. The molecular weight excluding hydrogens is 272 g/mol. The van der Waals surface area contributed by atoms with Crippen LogP contribution < -0.4 is 4.90 Å². The van der Waals surface area contributed by atoms with Gasteiger partial charge < -0.3 is 9.64 Å². The second-order valence-corrected chi connectivity index (χ2v) is 5.33. The van der Waals surface area contributed by atoms with Crippen molar-refractivity contribution in [2.75, 3.05) is 24.6 Å². The number of carbonyl (C=O) groups excluding carboxylic acids is 2. The normalized spacial score (nSPS) is 21.8. The fourth-order valence-corrected chi connectivity index (χ4v) is 2.94. The summed E-state index contributed by atoms with van der Waals surface area (Å²) in [6, 6.07) is 1.77. The van der Waals surface area contributed by atoms with Gasteiger partial charge in [0.25, 0.3) is 0 Å². The Hall–Kier alpha value is -2.18. The Balaban J connectivity index is 1.94. The first-order valence-corrected chi connectivity index (χ1v) is 7.13. The molecule has 3 rings (SSSR count). The number of amides is 2. The molecule has 0 bridgehead atoms. The molecule has 0 saturated carbocycles. The van der Waals surface area contributed by atoms with Crippen LogP contribution in [-0.4, -0.2) is 46.6 Å². The number of aromatic nitrogens is 2. The van der Waals surface area contributed by atoms with Crippen molar-refractivity contribution in [3.63, 3.8) is 0 Å². The standard InChI is InChI=1S/C14H18N4O3/c1-9-15-11(12-4-3-5-17(12)10(2)19)8-13(16-9)18-6-7-21-14(18)20/h8,12H,3-7H2,1-2H3/t12-/m1/s1. The fraction of sp³-hybridized carbons (Fsp3) is 0.571. The van der Waals surface area contributed by atoms with Gasteiger partial charge in [0.05, 0.1) is 18.3 Å². The molecule has 1 atom stereocenters. The van der Waals surface area contributed by atoms with Crippen molar-refractivity contribution in [1.82, 2.24) is 14.9 Å². The van der Waals surface area contributed by atoms with E-state index in [4.69, 9.17) is 4.74 Å². The van der Waals surface area contributed by atoms with Gasteiger partial charge >= 0.3 is 6.09 Å². The minimum Gasteiger partial charge on any atom is -0.447 e. The molecule has 2 saturated heterocycles. The fourth-order valence-electron chi connectivity index (χ4n) is 2.94. The summed E-state index contributed by atoms with van der Waals surface area (Å²) in [5.74, 6) is 1.20. The third kappa shape index (κ3) is 2.55.